The van der Waals surface area contributed by atoms with Crippen LogP contribution in [-0.4, -0.2) is 12.5 Å². The summed E-state index contributed by atoms with van der Waals surface area (Å²) < 4.78 is 0. The first-order valence-corrected chi connectivity index (χ1v) is 5.88. The summed E-state index contributed by atoms with van der Waals surface area (Å²) in [5.74, 6) is 0.471. The lowest BCUT2D eigenvalue weighted by Gasteiger charge is -2.07. The van der Waals surface area contributed by atoms with E-state index >= 15 is 0 Å². The van der Waals surface area contributed by atoms with Crippen molar-refractivity contribution < 1.29 is 0 Å². The van der Waals surface area contributed by atoms with Crippen molar-refractivity contribution in [2.75, 3.05) is 6.54 Å². The lowest BCUT2D eigenvalue weighted by atomic mass is 10.1. The molecule has 0 aliphatic rings. The fourth-order valence-corrected chi connectivity index (χ4v) is 1.52. The minimum Gasteiger partial charge on any atom is -0.370 e. The van der Waals surface area contributed by atoms with Crippen LogP contribution in [0.1, 0.15) is 25.0 Å². The van der Waals surface area contributed by atoms with E-state index in [9.17, 15) is 0 Å². The maximum absolute atomic E-state index is 5.76. The van der Waals surface area contributed by atoms with Gasteiger partial charge >= 0.3 is 0 Å². The fraction of sp³-hybridized carbons (Fsp3) is 0.357. The topological polar surface area (TPSA) is 50.4 Å². The van der Waals surface area contributed by atoms with Gasteiger partial charge in [-0.1, -0.05) is 43.3 Å². The second kappa shape index (κ2) is 8.97. The molecule has 0 bridgehead atoms. The third-order valence-corrected chi connectivity index (χ3v) is 2.49. The minimum absolute atomic E-state index is 0. The summed E-state index contributed by atoms with van der Waals surface area (Å²) in [6.07, 6.45) is 1.02. The van der Waals surface area contributed by atoms with Gasteiger partial charge in [0, 0.05) is 6.54 Å². The van der Waals surface area contributed by atoms with Crippen molar-refractivity contribution in [2.45, 2.75) is 26.8 Å². The molecule has 0 saturated heterocycles. The molecule has 0 radical (unpaired) electrons. The molecule has 18 heavy (non-hydrogen) atoms. The Morgan fingerprint density at radius 3 is 2.50 bits per heavy atom. The Morgan fingerprint density at radius 2 is 1.94 bits per heavy atom. The fourth-order valence-electron chi connectivity index (χ4n) is 1.52. The molecule has 0 saturated carbocycles. The summed E-state index contributed by atoms with van der Waals surface area (Å²) in [5, 5.41) is 3.02. The van der Waals surface area contributed by atoms with E-state index in [0.29, 0.717) is 19.0 Å². The molecular formula is C14H22IN3. The molecule has 0 aromatic heterocycles. The number of aliphatic imine (C=N–C) groups is 1. The highest BCUT2D eigenvalue weighted by Crippen LogP contribution is 2.10. The van der Waals surface area contributed by atoms with Gasteiger partial charge in [-0.05, 0) is 24.5 Å². The van der Waals surface area contributed by atoms with E-state index in [0.717, 1.165) is 12.0 Å². The maximum Gasteiger partial charge on any atom is 0.189 e. The van der Waals surface area contributed by atoms with Gasteiger partial charge in [0.2, 0.25) is 0 Å². The van der Waals surface area contributed by atoms with Crippen LogP contribution in [0, 0.1) is 0 Å². The number of guanidine groups is 1. The highest BCUT2D eigenvalue weighted by molar-refractivity contribution is 14.0. The van der Waals surface area contributed by atoms with Crippen LogP contribution < -0.4 is 11.1 Å². The zero-order chi connectivity index (χ0) is 12.7. The predicted molar refractivity (Wildman–Crippen MR) is 89.4 cm³/mol. The SMILES string of the molecule is C=C(C)CNC(N)=NCc1ccccc1CC.I. The van der Waals surface area contributed by atoms with Gasteiger partial charge < -0.3 is 11.1 Å². The summed E-state index contributed by atoms with van der Waals surface area (Å²) in [5.41, 5.74) is 9.35. The quantitative estimate of drug-likeness (QED) is 0.368. The Kier molecular flexibility index (Phi) is 8.45. The van der Waals surface area contributed by atoms with Gasteiger partial charge in [0.25, 0.3) is 0 Å². The standard InChI is InChI=1S/C14H21N3.HI/c1-4-12-7-5-6-8-13(12)10-17-14(15)16-9-11(2)3;/h5-8H,2,4,9-10H2,1,3H3,(H3,15,16,17);1H. The van der Waals surface area contributed by atoms with Gasteiger partial charge in [0.1, 0.15) is 0 Å². The molecule has 1 aromatic carbocycles. The summed E-state index contributed by atoms with van der Waals surface area (Å²) >= 11 is 0. The van der Waals surface area contributed by atoms with Crippen LogP contribution in [0.2, 0.25) is 0 Å². The molecule has 0 atom stereocenters. The number of nitrogens with two attached hydrogens (primary N) is 1. The van der Waals surface area contributed by atoms with E-state index in [-0.39, 0.29) is 24.0 Å². The van der Waals surface area contributed by atoms with Crippen LogP contribution >= 0.6 is 24.0 Å². The van der Waals surface area contributed by atoms with Gasteiger partial charge in [-0.2, -0.15) is 0 Å². The molecule has 0 fully saturated rings. The first-order chi connectivity index (χ1) is 8.13. The molecule has 0 amide bonds. The first kappa shape index (κ1) is 17.0. The molecular weight excluding hydrogens is 337 g/mol. The molecule has 1 rings (SSSR count). The molecule has 0 aliphatic heterocycles. The number of nitrogens with zero attached hydrogens (tertiary/aromatic N) is 1. The third-order valence-electron chi connectivity index (χ3n) is 2.49. The van der Waals surface area contributed by atoms with E-state index in [4.69, 9.17) is 5.73 Å². The molecule has 0 heterocycles. The summed E-state index contributed by atoms with van der Waals surface area (Å²) in [6.45, 7) is 9.19. The number of nitrogens with one attached hydrogen (secondary N) is 1. The van der Waals surface area contributed by atoms with Crippen LogP contribution in [0.15, 0.2) is 41.4 Å². The zero-order valence-electron chi connectivity index (χ0n) is 11.1. The number of rotatable bonds is 5. The highest BCUT2D eigenvalue weighted by Gasteiger charge is 1.98. The third kappa shape index (κ3) is 6.05. The highest BCUT2D eigenvalue weighted by atomic mass is 127. The van der Waals surface area contributed by atoms with E-state index in [2.05, 4.69) is 42.0 Å². The van der Waals surface area contributed by atoms with E-state index in [1.807, 2.05) is 13.0 Å². The van der Waals surface area contributed by atoms with Crippen molar-refractivity contribution in [2.24, 2.45) is 10.7 Å². The molecule has 4 heteroatoms. The second-order valence-electron chi connectivity index (χ2n) is 4.13. The Morgan fingerprint density at radius 1 is 1.33 bits per heavy atom. The average molecular weight is 359 g/mol. The first-order valence-electron chi connectivity index (χ1n) is 5.88. The van der Waals surface area contributed by atoms with Gasteiger partial charge in [0.15, 0.2) is 5.96 Å². The maximum atomic E-state index is 5.76. The van der Waals surface area contributed by atoms with E-state index in [1.54, 1.807) is 0 Å². The molecule has 0 unspecified atom stereocenters. The molecule has 0 spiro atoms. The molecule has 100 valence electrons. The number of hydrogen-bond acceptors (Lipinski definition) is 1. The van der Waals surface area contributed by atoms with Crippen molar-refractivity contribution >= 4 is 29.9 Å². The Labute approximate surface area is 127 Å². The lowest BCUT2D eigenvalue weighted by molar-refractivity contribution is 0.930. The van der Waals surface area contributed by atoms with Crippen LogP contribution in [0.4, 0.5) is 0 Å². The van der Waals surface area contributed by atoms with Gasteiger partial charge in [0.05, 0.1) is 6.54 Å². The molecule has 3 nitrogen and oxygen atoms in total. The number of hydrogen-bond donors (Lipinski definition) is 2. The number of aryl methyl sites for hydroxylation is 1. The Balaban J connectivity index is 0.00000289. The number of halogens is 1. The van der Waals surface area contributed by atoms with Crippen molar-refractivity contribution in [1.29, 1.82) is 0 Å². The minimum atomic E-state index is 0. The van der Waals surface area contributed by atoms with Crippen LogP contribution in [0.5, 0.6) is 0 Å². The van der Waals surface area contributed by atoms with Crippen molar-refractivity contribution in [3.8, 4) is 0 Å². The summed E-state index contributed by atoms with van der Waals surface area (Å²) in [7, 11) is 0. The van der Waals surface area contributed by atoms with Gasteiger partial charge in [-0.25, -0.2) is 4.99 Å². The lowest BCUT2D eigenvalue weighted by Crippen LogP contribution is -2.32. The monoisotopic (exact) mass is 359 g/mol. The van der Waals surface area contributed by atoms with Crippen molar-refractivity contribution in [3.05, 3.63) is 47.5 Å². The van der Waals surface area contributed by atoms with Gasteiger partial charge in [-0.3, -0.25) is 0 Å². The van der Waals surface area contributed by atoms with Gasteiger partial charge in [-0.15, -0.1) is 24.0 Å². The van der Waals surface area contributed by atoms with Crippen LogP contribution in [0.25, 0.3) is 0 Å². The van der Waals surface area contributed by atoms with E-state index in [1.165, 1.54) is 11.1 Å². The largest absolute Gasteiger partial charge is 0.370 e. The molecule has 1 aromatic rings. The van der Waals surface area contributed by atoms with Crippen molar-refractivity contribution in [1.82, 2.24) is 5.32 Å². The Hall–Kier alpha value is -1.04. The van der Waals surface area contributed by atoms with Crippen LogP contribution in [-0.2, 0) is 13.0 Å². The van der Waals surface area contributed by atoms with Crippen LogP contribution in [0.3, 0.4) is 0 Å². The normalized spacial score (nSPS) is 10.7. The van der Waals surface area contributed by atoms with E-state index < -0.39 is 0 Å². The number of benzene rings is 1. The molecule has 0 aliphatic carbocycles. The second-order valence-corrected chi connectivity index (χ2v) is 4.13. The summed E-state index contributed by atoms with van der Waals surface area (Å²) in [4.78, 5) is 4.32. The Bertz CT molecular complexity index is 413. The van der Waals surface area contributed by atoms with Crippen molar-refractivity contribution in [3.63, 3.8) is 0 Å². The average Bonchev–Trinajstić information content (AvgIpc) is 2.34. The smallest absolute Gasteiger partial charge is 0.189 e. The molecule has 3 N–H and O–H groups in total. The zero-order valence-corrected chi connectivity index (χ0v) is 13.4. The summed E-state index contributed by atoms with van der Waals surface area (Å²) in [6, 6.07) is 8.30. The predicted octanol–water partition coefficient (Wildman–Crippen LogP) is 2.85.